The van der Waals surface area contributed by atoms with Gasteiger partial charge < -0.3 is 9.73 Å². The highest BCUT2D eigenvalue weighted by Crippen LogP contribution is 2.41. The molecule has 18 heavy (non-hydrogen) atoms. The van der Waals surface area contributed by atoms with Crippen molar-refractivity contribution in [3.63, 3.8) is 0 Å². The molecule has 0 bridgehead atoms. The second-order valence-electron chi connectivity index (χ2n) is 6.15. The van der Waals surface area contributed by atoms with Crippen molar-refractivity contribution in [1.82, 2.24) is 5.32 Å². The van der Waals surface area contributed by atoms with Gasteiger partial charge in [-0.15, -0.1) is 0 Å². The third-order valence-electron chi connectivity index (χ3n) is 4.83. The maximum atomic E-state index is 5.69. The number of furan rings is 1. The molecule has 0 saturated heterocycles. The van der Waals surface area contributed by atoms with Crippen molar-refractivity contribution in [3.05, 3.63) is 24.2 Å². The van der Waals surface area contributed by atoms with Crippen LogP contribution in [0.2, 0.25) is 0 Å². The van der Waals surface area contributed by atoms with Crippen molar-refractivity contribution in [2.24, 2.45) is 11.8 Å². The molecular weight excluding hydrogens is 222 g/mol. The fourth-order valence-corrected chi connectivity index (χ4v) is 3.39. The zero-order valence-corrected chi connectivity index (χ0v) is 11.4. The highest BCUT2D eigenvalue weighted by molar-refractivity contribution is 5.09. The summed E-state index contributed by atoms with van der Waals surface area (Å²) in [7, 11) is 0. The first-order valence-electron chi connectivity index (χ1n) is 7.63. The van der Waals surface area contributed by atoms with Gasteiger partial charge in [0.2, 0.25) is 0 Å². The van der Waals surface area contributed by atoms with Crippen LogP contribution in [0.4, 0.5) is 0 Å². The fourth-order valence-electron chi connectivity index (χ4n) is 3.39. The Morgan fingerprint density at radius 2 is 2.17 bits per heavy atom. The smallest absolute Gasteiger partial charge is 0.107 e. The Balaban J connectivity index is 1.65. The van der Waals surface area contributed by atoms with Gasteiger partial charge in [0.25, 0.3) is 0 Å². The van der Waals surface area contributed by atoms with Crippen LogP contribution in [0.15, 0.2) is 22.8 Å². The maximum absolute atomic E-state index is 5.69. The normalized spacial score (nSPS) is 32.6. The number of nitrogens with one attached hydrogen (secondary N) is 1. The van der Waals surface area contributed by atoms with Crippen LogP contribution in [0, 0.1) is 11.8 Å². The standard InChI is InChI=1S/C16H25NO/c1-2-12-5-6-13(11-17-14-7-8-14)15(10-12)16-4-3-9-18-16/h3-4,9,12-15,17H,2,5-8,10-11H2,1H3. The van der Waals surface area contributed by atoms with Gasteiger partial charge in [0.1, 0.15) is 5.76 Å². The quantitative estimate of drug-likeness (QED) is 0.852. The van der Waals surface area contributed by atoms with Crippen molar-refractivity contribution in [3.8, 4) is 0 Å². The minimum absolute atomic E-state index is 0.643. The van der Waals surface area contributed by atoms with Crippen molar-refractivity contribution >= 4 is 0 Å². The first-order valence-corrected chi connectivity index (χ1v) is 7.63. The SMILES string of the molecule is CCC1CCC(CNC2CC2)C(c2ccco2)C1. The Hall–Kier alpha value is -0.760. The summed E-state index contributed by atoms with van der Waals surface area (Å²) in [5, 5.41) is 3.71. The summed E-state index contributed by atoms with van der Waals surface area (Å²) in [6.07, 6.45) is 10.0. The monoisotopic (exact) mass is 247 g/mol. The highest BCUT2D eigenvalue weighted by atomic mass is 16.3. The average molecular weight is 247 g/mol. The predicted octanol–water partition coefficient (Wildman–Crippen LogP) is 3.94. The third-order valence-corrected chi connectivity index (χ3v) is 4.83. The summed E-state index contributed by atoms with van der Waals surface area (Å²) in [5.74, 6) is 3.54. The van der Waals surface area contributed by atoms with E-state index in [0.29, 0.717) is 5.92 Å². The van der Waals surface area contributed by atoms with Crippen molar-refractivity contribution < 1.29 is 4.42 Å². The van der Waals surface area contributed by atoms with Crippen LogP contribution in [0.5, 0.6) is 0 Å². The third kappa shape index (κ3) is 2.80. The van der Waals surface area contributed by atoms with Gasteiger partial charge in [-0.3, -0.25) is 0 Å². The van der Waals surface area contributed by atoms with Crippen LogP contribution >= 0.6 is 0 Å². The molecule has 3 rings (SSSR count). The lowest BCUT2D eigenvalue weighted by Crippen LogP contribution is -2.32. The van der Waals surface area contributed by atoms with E-state index in [9.17, 15) is 0 Å². The zero-order valence-electron chi connectivity index (χ0n) is 11.4. The molecule has 2 nitrogen and oxygen atoms in total. The topological polar surface area (TPSA) is 25.2 Å². The van der Waals surface area contributed by atoms with E-state index in [-0.39, 0.29) is 0 Å². The molecule has 1 N–H and O–H groups in total. The van der Waals surface area contributed by atoms with E-state index in [1.807, 2.05) is 12.3 Å². The first-order chi connectivity index (χ1) is 8.86. The van der Waals surface area contributed by atoms with Crippen LogP contribution in [0.3, 0.4) is 0 Å². The second-order valence-corrected chi connectivity index (χ2v) is 6.15. The lowest BCUT2D eigenvalue weighted by molar-refractivity contribution is 0.205. The Morgan fingerprint density at radius 1 is 1.28 bits per heavy atom. The minimum atomic E-state index is 0.643. The maximum Gasteiger partial charge on any atom is 0.107 e. The Labute approximate surface area is 110 Å². The van der Waals surface area contributed by atoms with Crippen LogP contribution in [-0.4, -0.2) is 12.6 Å². The molecule has 2 heteroatoms. The van der Waals surface area contributed by atoms with E-state index < -0.39 is 0 Å². The van der Waals surface area contributed by atoms with Crippen molar-refractivity contribution in [2.75, 3.05) is 6.54 Å². The molecule has 3 unspecified atom stereocenters. The molecule has 2 saturated carbocycles. The lowest BCUT2D eigenvalue weighted by Gasteiger charge is -2.35. The molecule has 3 atom stereocenters. The van der Waals surface area contributed by atoms with Crippen molar-refractivity contribution in [2.45, 2.75) is 57.4 Å². The predicted molar refractivity (Wildman–Crippen MR) is 73.6 cm³/mol. The summed E-state index contributed by atoms with van der Waals surface area (Å²) >= 11 is 0. The molecule has 2 aliphatic carbocycles. The van der Waals surface area contributed by atoms with Crippen LogP contribution < -0.4 is 5.32 Å². The van der Waals surface area contributed by atoms with Gasteiger partial charge in [0, 0.05) is 12.0 Å². The molecule has 1 heterocycles. The van der Waals surface area contributed by atoms with E-state index in [0.717, 1.165) is 17.9 Å². The zero-order chi connectivity index (χ0) is 12.4. The minimum Gasteiger partial charge on any atom is -0.469 e. The number of hydrogen-bond acceptors (Lipinski definition) is 2. The van der Waals surface area contributed by atoms with E-state index in [1.54, 1.807) is 0 Å². The van der Waals surface area contributed by atoms with Gasteiger partial charge in [0.15, 0.2) is 0 Å². The van der Waals surface area contributed by atoms with Crippen LogP contribution in [0.25, 0.3) is 0 Å². The molecular formula is C16H25NO. The molecule has 2 fully saturated rings. The van der Waals surface area contributed by atoms with Gasteiger partial charge in [-0.2, -0.15) is 0 Å². The van der Waals surface area contributed by atoms with Crippen molar-refractivity contribution in [1.29, 1.82) is 0 Å². The summed E-state index contributed by atoms with van der Waals surface area (Å²) in [6, 6.07) is 5.04. The van der Waals surface area contributed by atoms with Crippen LogP contribution in [-0.2, 0) is 0 Å². The Kier molecular flexibility index (Phi) is 3.74. The highest BCUT2D eigenvalue weighted by Gasteiger charge is 2.33. The fraction of sp³-hybridized carbons (Fsp3) is 0.750. The molecule has 2 aliphatic rings. The van der Waals surface area contributed by atoms with Gasteiger partial charge in [-0.05, 0) is 56.2 Å². The van der Waals surface area contributed by atoms with Gasteiger partial charge in [-0.1, -0.05) is 19.8 Å². The summed E-state index contributed by atoms with van der Waals surface area (Å²) in [4.78, 5) is 0. The molecule has 1 aromatic rings. The molecule has 0 spiro atoms. The number of rotatable bonds is 5. The summed E-state index contributed by atoms with van der Waals surface area (Å²) in [5.41, 5.74) is 0. The first kappa shape index (κ1) is 12.3. The Bertz CT molecular complexity index is 355. The molecule has 0 radical (unpaired) electrons. The molecule has 100 valence electrons. The van der Waals surface area contributed by atoms with Crippen LogP contribution in [0.1, 0.15) is 57.1 Å². The van der Waals surface area contributed by atoms with Gasteiger partial charge >= 0.3 is 0 Å². The van der Waals surface area contributed by atoms with E-state index in [4.69, 9.17) is 4.42 Å². The average Bonchev–Trinajstić information content (AvgIpc) is 3.08. The summed E-state index contributed by atoms with van der Waals surface area (Å²) in [6.45, 7) is 3.51. The molecule has 0 amide bonds. The van der Waals surface area contributed by atoms with Gasteiger partial charge in [-0.25, -0.2) is 0 Å². The lowest BCUT2D eigenvalue weighted by atomic mass is 9.72. The van der Waals surface area contributed by atoms with E-state index in [1.165, 1.54) is 50.8 Å². The largest absolute Gasteiger partial charge is 0.469 e. The Morgan fingerprint density at radius 3 is 2.83 bits per heavy atom. The summed E-state index contributed by atoms with van der Waals surface area (Å²) < 4.78 is 5.69. The number of hydrogen-bond donors (Lipinski definition) is 1. The molecule has 0 aliphatic heterocycles. The van der Waals surface area contributed by atoms with E-state index in [2.05, 4.69) is 18.3 Å². The molecule has 1 aromatic heterocycles. The molecule has 0 aromatic carbocycles. The van der Waals surface area contributed by atoms with E-state index >= 15 is 0 Å². The van der Waals surface area contributed by atoms with Gasteiger partial charge in [0.05, 0.1) is 6.26 Å². The second kappa shape index (κ2) is 5.48.